The van der Waals surface area contributed by atoms with Gasteiger partial charge in [-0.1, -0.05) is 0 Å². The van der Waals surface area contributed by atoms with E-state index in [1.807, 2.05) is 0 Å². The van der Waals surface area contributed by atoms with Crippen LogP contribution in [0, 0.1) is 5.21 Å². The summed E-state index contributed by atoms with van der Waals surface area (Å²) in [5.74, 6) is 1.76. The lowest BCUT2D eigenvalue weighted by Gasteiger charge is -2.52. The summed E-state index contributed by atoms with van der Waals surface area (Å²) in [7, 11) is 0. The van der Waals surface area contributed by atoms with Crippen molar-refractivity contribution in [2.45, 2.75) is 0 Å². The summed E-state index contributed by atoms with van der Waals surface area (Å²) in [4.78, 5) is 12.5. The number of halogens is 1. The third kappa shape index (κ3) is 1.28. The Morgan fingerprint density at radius 3 is 2.33 bits per heavy atom. The van der Waals surface area contributed by atoms with Gasteiger partial charge >= 0.3 is 0 Å². The molecule has 68 valence electrons. The molecular weight excluding hydrogens is 180 g/mol. The Morgan fingerprint density at radius 1 is 1.42 bits per heavy atom. The van der Waals surface area contributed by atoms with Crippen molar-refractivity contribution in [3.63, 3.8) is 0 Å². The molecule has 5 heteroatoms. The number of rotatable bonds is 0. The van der Waals surface area contributed by atoms with Crippen molar-refractivity contribution in [3.8, 4) is 0 Å². The zero-order valence-electron chi connectivity index (χ0n) is 6.65. The highest BCUT2D eigenvalue weighted by molar-refractivity contribution is 5.85. The number of carbonyl (C=O) groups excluding carboxylic acids is 1. The van der Waals surface area contributed by atoms with Gasteiger partial charge in [0, 0.05) is 13.1 Å². The van der Waals surface area contributed by atoms with Gasteiger partial charge in [-0.15, -0.1) is 12.4 Å². The van der Waals surface area contributed by atoms with Crippen molar-refractivity contribution >= 4 is 18.3 Å². The van der Waals surface area contributed by atoms with Crippen LogP contribution >= 0.6 is 12.4 Å². The normalized spacial score (nSPS) is 38.8. The molecular formula is C7H11ClN2O2. The van der Waals surface area contributed by atoms with Crippen LogP contribution in [0.4, 0.5) is 0 Å². The van der Waals surface area contributed by atoms with Crippen LogP contribution in [0.25, 0.3) is 0 Å². The molecule has 0 aromatic carbocycles. The maximum atomic E-state index is 11.7. The average molecular weight is 191 g/mol. The Morgan fingerprint density at radius 2 is 2.00 bits per heavy atom. The fraction of sp³-hybridized carbons (Fsp3) is 0.714. The summed E-state index contributed by atoms with van der Waals surface area (Å²) in [5, 5.41) is 11.7. The highest BCUT2D eigenvalue weighted by Gasteiger charge is 2.37. The topological polar surface area (TPSA) is 43.4 Å². The number of nitrogens with zero attached hydrogens (tertiary/aromatic N) is 2. The predicted octanol–water partition coefficient (Wildman–Crippen LogP) is -0.232. The number of hydrogen-bond acceptors (Lipinski definition) is 3. The molecule has 3 fully saturated rings. The minimum Gasteiger partial charge on any atom is -0.627 e. The molecule has 3 aliphatic rings. The molecule has 0 unspecified atom stereocenters. The Balaban J connectivity index is 0.000000720. The summed E-state index contributed by atoms with van der Waals surface area (Å²) >= 11 is 0. The van der Waals surface area contributed by atoms with Gasteiger partial charge in [0.05, 0.1) is 19.6 Å². The molecule has 3 saturated heterocycles. The van der Waals surface area contributed by atoms with Crippen LogP contribution in [0.1, 0.15) is 0 Å². The average Bonchev–Trinajstić information content (AvgIpc) is 2.05. The van der Waals surface area contributed by atoms with Gasteiger partial charge in [-0.25, -0.2) is 4.79 Å². The molecule has 3 heterocycles. The first kappa shape index (κ1) is 9.71. The lowest BCUT2D eigenvalue weighted by atomic mass is 10.2. The maximum absolute atomic E-state index is 11.7. The second kappa shape index (κ2) is 3.17. The molecule has 0 spiro atoms. The zero-order valence-corrected chi connectivity index (χ0v) is 7.47. The van der Waals surface area contributed by atoms with Crippen LogP contribution in [0.15, 0.2) is 5.70 Å². The summed E-state index contributed by atoms with van der Waals surface area (Å²) in [5.41, 5.74) is 0.377. The first-order valence-corrected chi connectivity index (χ1v) is 3.79. The summed E-state index contributed by atoms with van der Waals surface area (Å²) in [6.07, 6.45) is 0. The zero-order chi connectivity index (χ0) is 7.90. The van der Waals surface area contributed by atoms with E-state index < -0.39 is 4.65 Å². The van der Waals surface area contributed by atoms with Crippen molar-refractivity contribution in [2.75, 3.05) is 32.7 Å². The van der Waals surface area contributed by atoms with Crippen molar-refractivity contribution in [2.24, 2.45) is 0 Å². The molecule has 0 atom stereocenters. The first-order valence-electron chi connectivity index (χ1n) is 3.79. The van der Waals surface area contributed by atoms with Crippen molar-refractivity contribution in [3.05, 3.63) is 10.9 Å². The molecule has 0 aromatic heterocycles. The van der Waals surface area contributed by atoms with Gasteiger partial charge in [-0.3, -0.25) is 4.90 Å². The van der Waals surface area contributed by atoms with E-state index in [9.17, 15) is 10.0 Å². The molecule has 0 radical (unpaired) electrons. The Bertz CT molecular complexity index is 230. The SMILES string of the molecule is Cl.O=C=C1CN2CC[N+]1([O-])CC2. The van der Waals surface area contributed by atoms with Crippen LogP contribution in [-0.4, -0.2) is 48.2 Å². The van der Waals surface area contributed by atoms with Crippen molar-refractivity contribution in [1.82, 2.24) is 4.90 Å². The second-order valence-corrected chi connectivity index (χ2v) is 3.16. The smallest absolute Gasteiger partial charge is 0.207 e. The van der Waals surface area contributed by atoms with E-state index >= 15 is 0 Å². The lowest BCUT2D eigenvalue weighted by molar-refractivity contribution is -0.856. The number of piperazine rings is 3. The monoisotopic (exact) mass is 190 g/mol. The minimum absolute atomic E-state index is 0. The third-order valence-electron chi connectivity index (χ3n) is 2.54. The predicted molar refractivity (Wildman–Crippen MR) is 46.3 cm³/mol. The molecule has 0 saturated carbocycles. The molecule has 4 nitrogen and oxygen atoms in total. The molecule has 2 bridgehead atoms. The summed E-state index contributed by atoms with van der Waals surface area (Å²) in [6.45, 7) is 3.26. The van der Waals surface area contributed by atoms with Crippen LogP contribution in [0.2, 0.25) is 0 Å². The number of fused-ring (bicyclic) bond motifs is 3. The van der Waals surface area contributed by atoms with Gasteiger partial charge in [0.1, 0.15) is 0 Å². The molecule has 0 aliphatic carbocycles. The molecule has 0 aromatic rings. The minimum atomic E-state index is -0.403. The van der Waals surface area contributed by atoms with E-state index in [1.165, 1.54) is 0 Å². The van der Waals surface area contributed by atoms with Gasteiger partial charge in [0.2, 0.25) is 5.70 Å². The van der Waals surface area contributed by atoms with E-state index in [0.29, 0.717) is 25.3 Å². The highest BCUT2D eigenvalue weighted by atomic mass is 35.5. The molecule has 3 aliphatic heterocycles. The lowest BCUT2D eigenvalue weighted by Crippen LogP contribution is -2.62. The van der Waals surface area contributed by atoms with Crippen LogP contribution < -0.4 is 0 Å². The van der Waals surface area contributed by atoms with E-state index in [4.69, 9.17) is 0 Å². The first-order chi connectivity index (χ1) is 5.24. The van der Waals surface area contributed by atoms with Gasteiger partial charge in [-0.05, 0) is 0 Å². The Labute approximate surface area is 77.0 Å². The number of hydroxylamine groups is 3. The van der Waals surface area contributed by atoms with E-state index in [0.717, 1.165) is 13.1 Å². The largest absolute Gasteiger partial charge is 0.627 e. The second-order valence-electron chi connectivity index (χ2n) is 3.16. The van der Waals surface area contributed by atoms with E-state index in [-0.39, 0.29) is 12.4 Å². The molecule has 3 rings (SSSR count). The van der Waals surface area contributed by atoms with Gasteiger partial charge in [0.15, 0.2) is 5.94 Å². The van der Waals surface area contributed by atoms with Crippen LogP contribution in [-0.2, 0) is 4.79 Å². The fourth-order valence-electron chi connectivity index (χ4n) is 1.71. The molecule has 0 N–H and O–H groups in total. The Hall–Kier alpha value is -0.380. The van der Waals surface area contributed by atoms with Gasteiger partial charge in [0.25, 0.3) is 0 Å². The van der Waals surface area contributed by atoms with E-state index in [2.05, 4.69) is 4.90 Å². The standard InChI is InChI=1S/C7H10N2O2.ClH/c10-6-7-5-8-1-3-9(7,11)4-2-8;/h1-5H2;1H. The van der Waals surface area contributed by atoms with Crippen LogP contribution in [0.5, 0.6) is 0 Å². The third-order valence-corrected chi connectivity index (χ3v) is 2.54. The summed E-state index contributed by atoms with van der Waals surface area (Å²) in [6, 6.07) is 0. The fourth-order valence-corrected chi connectivity index (χ4v) is 1.71. The summed E-state index contributed by atoms with van der Waals surface area (Å²) < 4.78 is -0.403. The van der Waals surface area contributed by atoms with Crippen molar-refractivity contribution in [1.29, 1.82) is 0 Å². The van der Waals surface area contributed by atoms with Crippen molar-refractivity contribution < 1.29 is 9.44 Å². The maximum Gasteiger partial charge on any atom is 0.207 e. The highest BCUT2D eigenvalue weighted by Crippen LogP contribution is 2.24. The van der Waals surface area contributed by atoms with Gasteiger partial charge < -0.3 is 9.85 Å². The number of hydrogen-bond donors (Lipinski definition) is 0. The molecule has 0 amide bonds. The quantitative estimate of drug-likeness (QED) is 0.301. The van der Waals surface area contributed by atoms with Gasteiger partial charge in [-0.2, -0.15) is 0 Å². The Kier molecular flexibility index (Phi) is 2.56. The van der Waals surface area contributed by atoms with E-state index in [1.54, 1.807) is 5.94 Å². The van der Waals surface area contributed by atoms with Crippen LogP contribution in [0.3, 0.4) is 0 Å². The number of quaternary nitrogens is 1. The molecule has 12 heavy (non-hydrogen) atoms.